The smallest absolute Gasteiger partial charge is 0.335 e. The van der Waals surface area contributed by atoms with E-state index in [0.717, 1.165) is 13.1 Å². The molecule has 1 aliphatic carbocycles. The summed E-state index contributed by atoms with van der Waals surface area (Å²) < 4.78 is 0. The van der Waals surface area contributed by atoms with Gasteiger partial charge in [0.1, 0.15) is 0 Å². The van der Waals surface area contributed by atoms with Gasteiger partial charge in [-0.1, -0.05) is 6.07 Å². The fraction of sp³-hybridized carbons (Fsp3) is 0.385. The van der Waals surface area contributed by atoms with E-state index in [0.29, 0.717) is 17.4 Å². The maximum atomic E-state index is 12.1. The second kappa shape index (κ2) is 3.58. The Morgan fingerprint density at radius 1 is 1.18 bits per heavy atom. The molecule has 1 aliphatic heterocycles. The normalized spacial score (nSPS) is 25.5. The molecule has 4 nitrogen and oxygen atoms in total. The van der Waals surface area contributed by atoms with Crippen LogP contribution in [-0.4, -0.2) is 35.0 Å². The zero-order chi connectivity index (χ0) is 12.0. The Hall–Kier alpha value is -1.84. The molecule has 1 amide bonds. The summed E-state index contributed by atoms with van der Waals surface area (Å²) in [5.41, 5.74) is 0.645. The SMILES string of the molecule is O=C(O)c1cccc(C(=O)N2C[C@H]3C[C@H]3C2)c1. The van der Waals surface area contributed by atoms with Crippen molar-refractivity contribution in [1.29, 1.82) is 0 Å². The van der Waals surface area contributed by atoms with Crippen LogP contribution in [0.1, 0.15) is 27.1 Å². The van der Waals surface area contributed by atoms with Crippen LogP contribution in [-0.2, 0) is 0 Å². The highest BCUT2D eigenvalue weighted by Gasteiger charge is 2.46. The van der Waals surface area contributed by atoms with Gasteiger partial charge in [0.05, 0.1) is 5.56 Å². The number of amides is 1. The van der Waals surface area contributed by atoms with Crippen molar-refractivity contribution in [2.75, 3.05) is 13.1 Å². The molecule has 0 aromatic heterocycles. The molecule has 1 N–H and O–H groups in total. The van der Waals surface area contributed by atoms with Crippen LogP contribution < -0.4 is 0 Å². The van der Waals surface area contributed by atoms with E-state index in [1.54, 1.807) is 12.1 Å². The van der Waals surface area contributed by atoms with E-state index in [-0.39, 0.29) is 11.5 Å². The lowest BCUT2D eigenvalue weighted by Gasteiger charge is -2.17. The van der Waals surface area contributed by atoms with Crippen molar-refractivity contribution in [3.63, 3.8) is 0 Å². The predicted octanol–water partition coefficient (Wildman–Crippen LogP) is 1.48. The molecule has 1 aromatic carbocycles. The summed E-state index contributed by atoms with van der Waals surface area (Å²) in [5.74, 6) is 0.354. The van der Waals surface area contributed by atoms with Crippen molar-refractivity contribution in [3.05, 3.63) is 35.4 Å². The highest BCUT2D eigenvalue weighted by atomic mass is 16.4. The van der Waals surface area contributed by atoms with Crippen LogP contribution in [0.25, 0.3) is 0 Å². The van der Waals surface area contributed by atoms with Crippen molar-refractivity contribution in [1.82, 2.24) is 4.90 Å². The molecule has 1 saturated carbocycles. The van der Waals surface area contributed by atoms with E-state index in [2.05, 4.69) is 0 Å². The molecule has 2 aliphatic rings. The largest absolute Gasteiger partial charge is 0.478 e. The summed E-state index contributed by atoms with van der Waals surface area (Å²) in [6.07, 6.45) is 1.25. The van der Waals surface area contributed by atoms with Crippen molar-refractivity contribution in [2.24, 2.45) is 11.8 Å². The third-order valence-corrected chi connectivity index (χ3v) is 3.62. The highest BCUT2D eigenvalue weighted by molar-refractivity contribution is 5.97. The standard InChI is InChI=1S/C13H13NO3/c15-12(14-6-10-5-11(10)7-14)8-2-1-3-9(4-8)13(16)17/h1-4,10-11H,5-7H2,(H,16,17)/t10-,11+. The van der Waals surface area contributed by atoms with Gasteiger partial charge in [-0.25, -0.2) is 4.79 Å². The summed E-state index contributed by atoms with van der Waals surface area (Å²) in [6.45, 7) is 1.67. The van der Waals surface area contributed by atoms with Gasteiger partial charge < -0.3 is 10.0 Å². The molecule has 0 unspecified atom stereocenters. The first-order chi connectivity index (χ1) is 8.15. The van der Waals surface area contributed by atoms with E-state index < -0.39 is 5.97 Å². The summed E-state index contributed by atoms with van der Waals surface area (Å²) in [5, 5.41) is 8.88. The summed E-state index contributed by atoms with van der Waals surface area (Å²) in [6, 6.07) is 6.25. The average Bonchev–Trinajstić information content (AvgIpc) is 2.95. The van der Waals surface area contributed by atoms with Gasteiger partial charge in [0.25, 0.3) is 5.91 Å². The predicted molar refractivity (Wildman–Crippen MR) is 60.9 cm³/mol. The van der Waals surface area contributed by atoms with E-state index in [4.69, 9.17) is 5.11 Å². The average molecular weight is 231 g/mol. The summed E-state index contributed by atoms with van der Waals surface area (Å²) in [7, 11) is 0. The molecule has 0 radical (unpaired) electrons. The number of rotatable bonds is 2. The third-order valence-electron chi connectivity index (χ3n) is 3.62. The van der Waals surface area contributed by atoms with Crippen LogP contribution in [0.15, 0.2) is 24.3 Å². The fourth-order valence-corrected chi connectivity index (χ4v) is 2.53. The van der Waals surface area contributed by atoms with Crippen LogP contribution in [0.5, 0.6) is 0 Å². The van der Waals surface area contributed by atoms with Crippen LogP contribution in [0.4, 0.5) is 0 Å². The molecule has 2 fully saturated rings. The zero-order valence-corrected chi connectivity index (χ0v) is 9.30. The minimum absolute atomic E-state index is 0.0414. The van der Waals surface area contributed by atoms with E-state index in [9.17, 15) is 9.59 Å². The summed E-state index contributed by atoms with van der Waals surface area (Å²) in [4.78, 5) is 24.8. The van der Waals surface area contributed by atoms with Crippen LogP contribution >= 0.6 is 0 Å². The number of benzene rings is 1. The van der Waals surface area contributed by atoms with E-state index >= 15 is 0 Å². The van der Waals surface area contributed by atoms with Crippen molar-refractivity contribution >= 4 is 11.9 Å². The molecule has 1 heterocycles. The topological polar surface area (TPSA) is 57.6 Å². The zero-order valence-electron chi connectivity index (χ0n) is 9.30. The number of likely N-dealkylation sites (tertiary alicyclic amines) is 1. The molecule has 1 saturated heterocycles. The van der Waals surface area contributed by atoms with Gasteiger partial charge in [-0.15, -0.1) is 0 Å². The summed E-state index contributed by atoms with van der Waals surface area (Å²) >= 11 is 0. The van der Waals surface area contributed by atoms with Crippen molar-refractivity contribution in [3.8, 4) is 0 Å². The lowest BCUT2D eigenvalue weighted by atomic mass is 10.1. The van der Waals surface area contributed by atoms with Gasteiger partial charge in [0.2, 0.25) is 0 Å². The van der Waals surface area contributed by atoms with Gasteiger partial charge in [-0.3, -0.25) is 4.79 Å². The molecule has 4 heteroatoms. The molecule has 2 atom stereocenters. The number of carbonyl (C=O) groups is 2. The number of aromatic carboxylic acids is 1. The van der Waals surface area contributed by atoms with E-state index in [1.165, 1.54) is 18.6 Å². The molecule has 3 rings (SSSR count). The number of hydrogen-bond acceptors (Lipinski definition) is 2. The van der Waals surface area contributed by atoms with Gasteiger partial charge in [0.15, 0.2) is 0 Å². The fourth-order valence-electron chi connectivity index (χ4n) is 2.53. The number of nitrogens with zero attached hydrogens (tertiary/aromatic N) is 1. The molecule has 88 valence electrons. The van der Waals surface area contributed by atoms with Crippen LogP contribution in [0.3, 0.4) is 0 Å². The lowest BCUT2D eigenvalue weighted by molar-refractivity contribution is 0.0697. The Morgan fingerprint density at radius 3 is 2.47 bits per heavy atom. The van der Waals surface area contributed by atoms with Crippen molar-refractivity contribution in [2.45, 2.75) is 6.42 Å². The molecular weight excluding hydrogens is 218 g/mol. The first kappa shape index (κ1) is 10.3. The second-order valence-electron chi connectivity index (χ2n) is 4.85. The van der Waals surface area contributed by atoms with Gasteiger partial charge in [-0.2, -0.15) is 0 Å². The molecule has 1 aromatic rings. The molecule has 0 spiro atoms. The Bertz CT molecular complexity index is 487. The van der Waals surface area contributed by atoms with Gasteiger partial charge in [-0.05, 0) is 36.5 Å². The Kier molecular flexibility index (Phi) is 2.18. The minimum atomic E-state index is -0.996. The number of carboxylic acid groups (broad SMARTS) is 1. The monoisotopic (exact) mass is 231 g/mol. The quantitative estimate of drug-likeness (QED) is 0.838. The second-order valence-corrected chi connectivity index (χ2v) is 4.85. The highest BCUT2D eigenvalue weighted by Crippen LogP contribution is 2.45. The third kappa shape index (κ3) is 1.79. The maximum Gasteiger partial charge on any atom is 0.335 e. The van der Waals surface area contributed by atoms with Gasteiger partial charge >= 0.3 is 5.97 Å². The Morgan fingerprint density at radius 2 is 1.82 bits per heavy atom. The first-order valence-electron chi connectivity index (χ1n) is 5.78. The number of carbonyl (C=O) groups excluding carboxylic acids is 1. The number of fused-ring (bicyclic) bond motifs is 1. The van der Waals surface area contributed by atoms with Gasteiger partial charge in [0, 0.05) is 18.7 Å². The number of piperidine rings is 1. The van der Waals surface area contributed by atoms with E-state index in [1.807, 2.05) is 4.90 Å². The molecule has 17 heavy (non-hydrogen) atoms. The first-order valence-corrected chi connectivity index (χ1v) is 5.78. The molecule has 0 bridgehead atoms. The Labute approximate surface area is 98.9 Å². The van der Waals surface area contributed by atoms with Crippen LogP contribution in [0.2, 0.25) is 0 Å². The van der Waals surface area contributed by atoms with Crippen LogP contribution in [0, 0.1) is 11.8 Å². The lowest BCUT2D eigenvalue weighted by Crippen LogP contribution is -2.30. The molecular formula is C13H13NO3. The Balaban J connectivity index is 1.81. The van der Waals surface area contributed by atoms with Crippen molar-refractivity contribution < 1.29 is 14.7 Å². The number of hydrogen-bond donors (Lipinski definition) is 1. The minimum Gasteiger partial charge on any atom is -0.478 e. The maximum absolute atomic E-state index is 12.1. The number of carboxylic acids is 1.